The van der Waals surface area contributed by atoms with Gasteiger partial charge < -0.3 is 25.0 Å². The molecule has 3 aliphatic rings. The van der Waals surface area contributed by atoms with E-state index in [4.69, 9.17) is 5.11 Å². The van der Waals surface area contributed by atoms with Gasteiger partial charge in [0.2, 0.25) is 0 Å². The summed E-state index contributed by atoms with van der Waals surface area (Å²) in [5.74, 6) is 0.676. The predicted octanol–water partition coefficient (Wildman–Crippen LogP) is 1.23. The number of aromatic nitrogens is 2. The Morgan fingerprint density at radius 3 is 2.57 bits per heavy atom. The Bertz CT molecular complexity index is 574. The number of carboxylic acid groups (broad SMARTS) is 1. The molecule has 7 nitrogen and oxygen atoms in total. The lowest BCUT2D eigenvalue weighted by atomic mass is 9.64. The van der Waals surface area contributed by atoms with Gasteiger partial charge in [0.15, 0.2) is 0 Å². The molecule has 0 radical (unpaired) electrons. The van der Waals surface area contributed by atoms with Crippen LogP contribution in [0.2, 0.25) is 0 Å². The molecular formula is C16H24N4O3. The Labute approximate surface area is 135 Å². The number of likely N-dealkylation sites (tertiary alicyclic amines) is 2. The van der Waals surface area contributed by atoms with E-state index in [1.54, 1.807) is 17.3 Å². The van der Waals surface area contributed by atoms with E-state index in [2.05, 4.69) is 14.9 Å². The molecule has 0 aromatic carbocycles. The van der Waals surface area contributed by atoms with Crippen LogP contribution in [0.15, 0.2) is 12.4 Å². The highest BCUT2D eigenvalue weighted by Crippen LogP contribution is 2.51. The smallest absolute Gasteiger partial charge is 0.407 e. The van der Waals surface area contributed by atoms with Crippen molar-refractivity contribution in [1.82, 2.24) is 19.8 Å². The number of piperidine rings is 1. The Hall–Kier alpha value is -1.60. The minimum absolute atomic E-state index is 0.220. The summed E-state index contributed by atoms with van der Waals surface area (Å²) < 4.78 is 0. The molecule has 3 fully saturated rings. The molecule has 1 spiro atoms. The zero-order valence-electron chi connectivity index (χ0n) is 13.2. The largest absolute Gasteiger partial charge is 0.465 e. The van der Waals surface area contributed by atoms with Crippen LogP contribution in [0.4, 0.5) is 4.79 Å². The summed E-state index contributed by atoms with van der Waals surface area (Å²) in [7, 11) is 0. The number of hydrogen-bond acceptors (Lipinski definition) is 4. The number of imidazole rings is 1. The van der Waals surface area contributed by atoms with E-state index < -0.39 is 11.7 Å². The molecular weight excluding hydrogens is 296 g/mol. The van der Waals surface area contributed by atoms with E-state index in [0.29, 0.717) is 37.8 Å². The van der Waals surface area contributed by atoms with Crippen LogP contribution in [0, 0.1) is 5.41 Å². The Kier molecular flexibility index (Phi) is 3.39. The van der Waals surface area contributed by atoms with Gasteiger partial charge >= 0.3 is 6.09 Å². The van der Waals surface area contributed by atoms with E-state index in [0.717, 1.165) is 32.4 Å². The number of aromatic amines is 1. The van der Waals surface area contributed by atoms with Gasteiger partial charge in [-0.25, -0.2) is 9.78 Å². The van der Waals surface area contributed by atoms with Crippen molar-refractivity contribution in [2.75, 3.05) is 26.2 Å². The van der Waals surface area contributed by atoms with E-state index >= 15 is 0 Å². The summed E-state index contributed by atoms with van der Waals surface area (Å²) in [6, 6.07) is 0.546. The number of nitrogens with one attached hydrogen (secondary N) is 1. The molecule has 1 aliphatic carbocycles. The van der Waals surface area contributed by atoms with Crippen LogP contribution in [0.1, 0.15) is 37.9 Å². The maximum Gasteiger partial charge on any atom is 0.407 e. The third-order valence-electron chi connectivity index (χ3n) is 6.13. The predicted molar refractivity (Wildman–Crippen MR) is 83.0 cm³/mol. The van der Waals surface area contributed by atoms with Gasteiger partial charge in [0, 0.05) is 44.6 Å². The molecule has 1 saturated carbocycles. The first-order valence-corrected chi connectivity index (χ1v) is 8.44. The van der Waals surface area contributed by atoms with Crippen molar-refractivity contribution in [3.8, 4) is 0 Å². The van der Waals surface area contributed by atoms with Crippen LogP contribution >= 0.6 is 0 Å². The second kappa shape index (κ2) is 5.21. The van der Waals surface area contributed by atoms with Gasteiger partial charge in [-0.3, -0.25) is 0 Å². The normalized spacial score (nSPS) is 33.8. The molecule has 0 unspecified atom stereocenters. The lowest BCUT2D eigenvalue weighted by Crippen LogP contribution is -2.56. The van der Waals surface area contributed by atoms with Gasteiger partial charge in [0.25, 0.3) is 0 Å². The number of aliphatic hydroxyl groups is 1. The first kappa shape index (κ1) is 15.0. The molecule has 23 heavy (non-hydrogen) atoms. The lowest BCUT2D eigenvalue weighted by molar-refractivity contribution is -0.0712. The van der Waals surface area contributed by atoms with Crippen LogP contribution in [-0.4, -0.2) is 68.3 Å². The highest BCUT2D eigenvalue weighted by Gasteiger charge is 2.52. The average Bonchev–Trinajstić information content (AvgIpc) is 3.17. The first-order valence-electron chi connectivity index (χ1n) is 8.44. The van der Waals surface area contributed by atoms with Crippen molar-refractivity contribution in [1.29, 1.82) is 0 Å². The molecule has 0 atom stereocenters. The fourth-order valence-electron chi connectivity index (χ4n) is 4.65. The van der Waals surface area contributed by atoms with Crippen molar-refractivity contribution in [2.24, 2.45) is 5.41 Å². The fourth-order valence-corrected chi connectivity index (χ4v) is 4.65. The maximum atomic E-state index is 11.1. The molecule has 3 N–H and O–H groups in total. The minimum atomic E-state index is -0.825. The van der Waals surface area contributed by atoms with Crippen LogP contribution in [0.25, 0.3) is 0 Å². The highest BCUT2D eigenvalue weighted by atomic mass is 16.4. The Balaban J connectivity index is 1.31. The third-order valence-corrected chi connectivity index (χ3v) is 6.13. The van der Waals surface area contributed by atoms with E-state index in [9.17, 15) is 9.90 Å². The van der Waals surface area contributed by atoms with Crippen LogP contribution < -0.4 is 0 Å². The van der Waals surface area contributed by atoms with Crippen LogP contribution in [0.5, 0.6) is 0 Å². The topological polar surface area (TPSA) is 92.7 Å². The molecule has 126 valence electrons. The second-order valence-electron chi connectivity index (χ2n) is 7.52. The number of carbonyl (C=O) groups is 1. The molecule has 2 aliphatic heterocycles. The SMILES string of the molecule is O=C(O)N1CCC2(CC(N3CCC(O)(c4ncc[nH]4)CC3)C2)C1. The molecule has 0 bridgehead atoms. The molecule has 1 aromatic heterocycles. The zero-order valence-corrected chi connectivity index (χ0v) is 13.2. The van der Waals surface area contributed by atoms with E-state index in [-0.39, 0.29) is 5.41 Å². The maximum absolute atomic E-state index is 11.1. The number of hydrogen-bond donors (Lipinski definition) is 3. The molecule has 1 amide bonds. The van der Waals surface area contributed by atoms with Crippen molar-refractivity contribution >= 4 is 6.09 Å². The quantitative estimate of drug-likeness (QED) is 0.762. The number of nitrogens with zero attached hydrogens (tertiary/aromatic N) is 3. The summed E-state index contributed by atoms with van der Waals surface area (Å²) in [5.41, 5.74) is -0.604. The first-order chi connectivity index (χ1) is 11.0. The third kappa shape index (κ3) is 2.52. The van der Waals surface area contributed by atoms with Crippen molar-refractivity contribution in [2.45, 2.75) is 43.7 Å². The van der Waals surface area contributed by atoms with Gasteiger partial charge in [-0.2, -0.15) is 0 Å². The van der Waals surface area contributed by atoms with Crippen molar-refractivity contribution < 1.29 is 15.0 Å². The fraction of sp³-hybridized carbons (Fsp3) is 0.750. The minimum Gasteiger partial charge on any atom is -0.465 e. The van der Waals surface area contributed by atoms with Crippen molar-refractivity contribution in [3.05, 3.63) is 18.2 Å². The van der Waals surface area contributed by atoms with Gasteiger partial charge in [0.1, 0.15) is 11.4 Å². The average molecular weight is 320 g/mol. The van der Waals surface area contributed by atoms with E-state index in [1.165, 1.54) is 0 Å². The molecule has 3 heterocycles. The van der Waals surface area contributed by atoms with Gasteiger partial charge in [-0.05, 0) is 37.5 Å². The summed E-state index contributed by atoms with van der Waals surface area (Å²) in [6.07, 6.45) is 7.24. The Morgan fingerprint density at radius 1 is 1.26 bits per heavy atom. The molecule has 4 rings (SSSR count). The second-order valence-corrected chi connectivity index (χ2v) is 7.52. The lowest BCUT2D eigenvalue weighted by Gasteiger charge is -2.52. The highest BCUT2D eigenvalue weighted by molar-refractivity contribution is 5.65. The number of rotatable bonds is 2. The molecule has 2 saturated heterocycles. The monoisotopic (exact) mass is 320 g/mol. The van der Waals surface area contributed by atoms with Gasteiger partial charge in [-0.1, -0.05) is 0 Å². The van der Waals surface area contributed by atoms with Crippen LogP contribution in [0.3, 0.4) is 0 Å². The van der Waals surface area contributed by atoms with Gasteiger partial charge in [0.05, 0.1) is 0 Å². The number of H-pyrrole nitrogens is 1. The van der Waals surface area contributed by atoms with Crippen LogP contribution in [-0.2, 0) is 5.60 Å². The number of amides is 1. The van der Waals surface area contributed by atoms with E-state index in [1.807, 2.05) is 0 Å². The summed E-state index contributed by atoms with van der Waals surface area (Å²) in [6.45, 7) is 3.13. The molecule has 7 heteroatoms. The van der Waals surface area contributed by atoms with Gasteiger partial charge in [-0.15, -0.1) is 0 Å². The summed E-state index contributed by atoms with van der Waals surface area (Å²) in [5, 5.41) is 19.8. The summed E-state index contributed by atoms with van der Waals surface area (Å²) >= 11 is 0. The Morgan fingerprint density at radius 2 is 2.00 bits per heavy atom. The van der Waals surface area contributed by atoms with Crippen molar-refractivity contribution in [3.63, 3.8) is 0 Å². The summed E-state index contributed by atoms with van der Waals surface area (Å²) in [4.78, 5) is 22.3. The standard InChI is InChI=1S/C16H24N4O3/c21-14(22)20-6-1-15(11-20)9-12(10-15)19-7-2-16(23,3-8-19)13-17-4-5-18-13/h4-5,12,23H,1-3,6-11H2,(H,17,18)(H,21,22). The zero-order chi connectivity index (χ0) is 16.1. The molecule has 1 aromatic rings.